The Morgan fingerprint density at radius 1 is 1.57 bits per heavy atom. The van der Waals surface area contributed by atoms with Gasteiger partial charge in [0.25, 0.3) is 5.91 Å². The molecule has 0 spiro atoms. The maximum absolute atomic E-state index is 12.1. The highest BCUT2D eigenvalue weighted by Gasteiger charge is 2.41. The van der Waals surface area contributed by atoms with Crippen LogP contribution in [0.5, 0.6) is 0 Å². The van der Waals surface area contributed by atoms with Gasteiger partial charge in [-0.25, -0.2) is 4.39 Å². The number of nitrogens with one attached hydrogen (secondary N) is 1. The van der Waals surface area contributed by atoms with Crippen molar-refractivity contribution in [1.82, 2.24) is 10.2 Å². The van der Waals surface area contributed by atoms with E-state index in [0.29, 0.717) is 5.11 Å². The Labute approximate surface area is 88.6 Å². The minimum atomic E-state index is -0.565. The number of rotatable bonds is 2. The van der Waals surface area contributed by atoms with Crippen molar-refractivity contribution in [2.75, 3.05) is 13.2 Å². The Morgan fingerprint density at radius 2 is 2.14 bits per heavy atom. The minimum Gasteiger partial charge on any atom is -0.350 e. The van der Waals surface area contributed by atoms with E-state index in [1.807, 2.05) is 20.8 Å². The van der Waals surface area contributed by atoms with Crippen LogP contribution in [0.2, 0.25) is 0 Å². The summed E-state index contributed by atoms with van der Waals surface area (Å²) >= 11 is 4.96. The lowest BCUT2D eigenvalue weighted by atomic mass is 9.87. The zero-order valence-corrected chi connectivity index (χ0v) is 9.45. The molecule has 0 unspecified atom stereocenters. The van der Waals surface area contributed by atoms with E-state index in [4.69, 9.17) is 12.2 Å². The molecule has 0 saturated carbocycles. The first kappa shape index (κ1) is 11.4. The van der Waals surface area contributed by atoms with Crippen LogP contribution in [0.4, 0.5) is 4.39 Å². The molecule has 1 aliphatic heterocycles. The molecule has 1 amide bonds. The van der Waals surface area contributed by atoms with Crippen molar-refractivity contribution in [3.63, 3.8) is 0 Å². The molecular formula is C9H15FN2OS. The molecule has 14 heavy (non-hydrogen) atoms. The molecule has 80 valence electrons. The summed E-state index contributed by atoms with van der Waals surface area (Å²) in [7, 11) is 0. The molecule has 0 aromatic rings. The summed E-state index contributed by atoms with van der Waals surface area (Å²) in [4.78, 5) is 13.1. The van der Waals surface area contributed by atoms with Gasteiger partial charge in [-0.2, -0.15) is 0 Å². The Bertz CT molecular complexity index is 262. The Balaban J connectivity index is 2.79. The summed E-state index contributed by atoms with van der Waals surface area (Å²) in [6, 6.07) is -0.332. The minimum absolute atomic E-state index is 0.0528. The molecule has 0 radical (unpaired) electrons. The summed E-state index contributed by atoms with van der Waals surface area (Å²) in [5.74, 6) is -0.125. The molecule has 1 heterocycles. The third kappa shape index (κ3) is 2.03. The number of alkyl halides is 1. The van der Waals surface area contributed by atoms with E-state index in [9.17, 15) is 9.18 Å². The lowest BCUT2D eigenvalue weighted by Gasteiger charge is -2.24. The highest BCUT2D eigenvalue weighted by molar-refractivity contribution is 7.80. The number of carbonyl (C=O) groups is 1. The SMILES string of the molecule is CC(C)(C)[C@H]1NC(=S)N(CCF)C1=O. The second kappa shape index (κ2) is 3.81. The van der Waals surface area contributed by atoms with E-state index in [1.165, 1.54) is 4.90 Å². The van der Waals surface area contributed by atoms with Gasteiger partial charge in [-0.1, -0.05) is 20.8 Å². The van der Waals surface area contributed by atoms with Gasteiger partial charge in [0.05, 0.1) is 6.54 Å². The van der Waals surface area contributed by atoms with Gasteiger partial charge >= 0.3 is 0 Å². The van der Waals surface area contributed by atoms with Crippen molar-refractivity contribution < 1.29 is 9.18 Å². The van der Waals surface area contributed by atoms with Crippen LogP contribution in [-0.2, 0) is 4.79 Å². The van der Waals surface area contributed by atoms with Crippen LogP contribution in [0.3, 0.4) is 0 Å². The lowest BCUT2D eigenvalue weighted by molar-refractivity contribution is -0.129. The number of thiocarbonyl (C=S) groups is 1. The molecule has 3 nitrogen and oxygen atoms in total. The summed E-state index contributed by atoms with van der Waals surface area (Å²) in [5, 5.41) is 3.26. The molecular weight excluding hydrogens is 203 g/mol. The largest absolute Gasteiger partial charge is 0.350 e. The number of amides is 1. The van der Waals surface area contributed by atoms with E-state index in [2.05, 4.69) is 5.32 Å². The van der Waals surface area contributed by atoms with E-state index >= 15 is 0 Å². The predicted octanol–water partition coefficient (Wildman–Crippen LogP) is 1.09. The van der Waals surface area contributed by atoms with Crippen LogP contribution in [0.25, 0.3) is 0 Å². The third-order valence-electron chi connectivity index (χ3n) is 2.20. The van der Waals surface area contributed by atoms with Gasteiger partial charge in [0.15, 0.2) is 5.11 Å². The molecule has 1 rings (SSSR count). The number of hydrogen-bond acceptors (Lipinski definition) is 2. The van der Waals surface area contributed by atoms with Crippen molar-refractivity contribution in [2.24, 2.45) is 5.41 Å². The molecule has 1 aliphatic rings. The molecule has 1 fully saturated rings. The number of nitrogens with zero attached hydrogens (tertiary/aromatic N) is 1. The summed E-state index contributed by atoms with van der Waals surface area (Å²) in [6.07, 6.45) is 0. The monoisotopic (exact) mass is 218 g/mol. The number of hydrogen-bond donors (Lipinski definition) is 1. The average molecular weight is 218 g/mol. The van der Waals surface area contributed by atoms with Gasteiger partial charge in [-0.15, -0.1) is 0 Å². The maximum atomic E-state index is 12.1. The number of halogens is 1. The third-order valence-corrected chi connectivity index (χ3v) is 2.54. The second-order valence-electron chi connectivity index (χ2n) is 4.43. The topological polar surface area (TPSA) is 32.3 Å². The van der Waals surface area contributed by atoms with Gasteiger partial charge in [0.2, 0.25) is 0 Å². The van der Waals surface area contributed by atoms with Crippen molar-refractivity contribution in [3.8, 4) is 0 Å². The fourth-order valence-corrected chi connectivity index (χ4v) is 1.70. The van der Waals surface area contributed by atoms with Gasteiger partial charge in [0.1, 0.15) is 12.7 Å². The first-order chi connectivity index (χ1) is 6.38. The fourth-order valence-electron chi connectivity index (χ4n) is 1.40. The summed E-state index contributed by atoms with van der Waals surface area (Å²) in [6.45, 7) is 5.33. The molecule has 5 heteroatoms. The van der Waals surface area contributed by atoms with E-state index in [0.717, 1.165) is 0 Å². The summed E-state index contributed by atoms with van der Waals surface area (Å²) in [5.41, 5.74) is -0.202. The van der Waals surface area contributed by atoms with Gasteiger partial charge in [-0.05, 0) is 17.6 Å². The number of carbonyl (C=O) groups excluding carboxylic acids is 1. The normalized spacial score (nSPS) is 22.9. The quantitative estimate of drug-likeness (QED) is 0.704. The highest BCUT2D eigenvalue weighted by atomic mass is 32.1. The molecule has 0 aromatic heterocycles. The van der Waals surface area contributed by atoms with Crippen LogP contribution >= 0.6 is 12.2 Å². The molecule has 0 aliphatic carbocycles. The molecule has 0 aromatic carbocycles. The molecule has 1 atom stereocenters. The van der Waals surface area contributed by atoms with Crippen molar-refractivity contribution in [2.45, 2.75) is 26.8 Å². The summed E-state index contributed by atoms with van der Waals surface area (Å²) < 4.78 is 12.1. The van der Waals surface area contributed by atoms with Crippen molar-refractivity contribution >= 4 is 23.2 Å². The smallest absolute Gasteiger partial charge is 0.251 e. The zero-order chi connectivity index (χ0) is 10.9. The average Bonchev–Trinajstić information content (AvgIpc) is 2.31. The first-order valence-electron chi connectivity index (χ1n) is 4.55. The standard InChI is InChI=1S/C9H15FN2OS/c1-9(2,3)6-7(13)12(5-4-10)8(14)11-6/h6H,4-5H2,1-3H3,(H,11,14)/t6-/m0/s1. The highest BCUT2D eigenvalue weighted by Crippen LogP contribution is 2.24. The van der Waals surface area contributed by atoms with Crippen LogP contribution in [0.15, 0.2) is 0 Å². The molecule has 1 N–H and O–H groups in total. The van der Waals surface area contributed by atoms with Crippen molar-refractivity contribution in [1.29, 1.82) is 0 Å². The zero-order valence-electron chi connectivity index (χ0n) is 8.63. The fraction of sp³-hybridized carbons (Fsp3) is 0.778. The Hall–Kier alpha value is -0.710. The van der Waals surface area contributed by atoms with Crippen LogP contribution in [0, 0.1) is 5.41 Å². The Morgan fingerprint density at radius 3 is 2.50 bits per heavy atom. The van der Waals surface area contributed by atoms with Crippen LogP contribution in [0.1, 0.15) is 20.8 Å². The van der Waals surface area contributed by atoms with Crippen LogP contribution < -0.4 is 5.32 Å². The Kier molecular flexibility index (Phi) is 3.09. The maximum Gasteiger partial charge on any atom is 0.251 e. The second-order valence-corrected chi connectivity index (χ2v) is 4.81. The predicted molar refractivity (Wildman–Crippen MR) is 56.7 cm³/mol. The van der Waals surface area contributed by atoms with E-state index in [-0.39, 0.29) is 23.9 Å². The van der Waals surface area contributed by atoms with Gasteiger partial charge in [-0.3, -0.25) is 9.69 Å². The van der Waals surface area contributed by atoms with Gasteiger partial charge in [0, 0.05) is 0 Å². The van der Waals surface area contributed by atoms with Crippen LogP contribution in [-0.4, -0.2) is 35.2 Å². The lowest BCUT2D eigenvalue weighted by Crippen LogP contribution is -2.41. The van der Waals surface area contributed by atoms with Crippen molar-refractivity contribution in [3.05, 3.63) is 0 Å². The first-order valence-corrected chi connectivity index (χ1v) is 4.96. The molecule has 0 bridgehead atoms. The van der Waals surface area contributed by atoms with E-state index in [1.54, 1.807) is 0 Å². The van der Waals surface area contributed by atoms with E-state index < -0.39 is 6.67 Å². The molecule has 1 saturated heterocycles. The van der Waals surface area contributed by atoms with Gasteiger partial charge < -0.3 is 5.32 Å².